The average molecular weight is 636 g/mol. The first-order valence-electron chi connectivity index (χ1n) is 17.9. The van der Waals surface area contributed by atoms with E-state index >= 15 is 0 Å². The summed E-state index contributed by atoms with van der Waals surface area (Å²) in [4.78, 5) is 2.46. The van der Waals surface area contributed by atoms with E-state index in [-0.39, 0.29) is 5.41 Å². The largest absolute Gasteiger partial charge is 0.457 e. The number of hydrogen-bond acceptors (Lipinski definition) is 2. The molecule has 3 aliphatic rings. The maximum atomic E-state index is 6.79. The third-order valence-electron chi connectivity index (χ3n) is 11.6. The van der Waals surface area contributed by atoms with E-state index in [0.29, 0.717) is 17.8 Å². The SMILES string of the molecule is C=C[C@@H]1C[C@H]2CCC[C@@H](C1)C21c2ccccc2Oc2ccc(N(c3ccc(-c4ccccc4)cc3)c3ccccc3-c3ccccc3)cc21. The highest BCUT2D eigenvalue weighted by Crippen LogP contribution is 2.65. The second kappa shape index (κ2) is 12.3. The molecular weight excluding hydrogens is 595 g/mol. The number of nitrogens with zero attached hydrogens (tertiary/aromatic N) is 1. The fraction of sp³-hybridized carbons (Fsp3) is 0.191. The third-order valence-corrected chi connectivity index (χ3v) is 11.6. The van der Waals surface area contributed by atoms with E-state index in [1.165, 1.54) is 65.5 Å². The summed E-state index contributed by atoms with van der Waals surface area (Å²) in [5.74, 6) is 3.68. The molecule has 2 bridgehead atoms. The van der Waals surface area contributed by atoms with Crippen LogP contribution in [0.3, 0.4) is 0 Å². The molecule has 1 heterocycles. The second-order valence-corrected chi connectivity index (χ2v) is 14.1. The highest BCUT2D eigenvalue weighted by atomic mass is 16.5. The van der Waals surface area contributed by atoms with Gasteiger partial charge >= 0.3 is 0 Å². The summed E-state index contributed by atoms with van der Waals surface area (Å²) in [6.45, 7) is 4.27. The van der Waals surface area contributed by atoms with Crippen molar-refractivity contribution >= 4 is 17.1 Å². The lowest BCUT2D eigenvalue weighted by molar-refractivity contribution is 0.0546. The van der Waals surface area contributed by atoms with Crippen molar-refractivity contribution in [3.63, 3.8) is 0 Å². The van der Waals surface area contributed by atoms with E-state index in [1.807, 2.05) is 0 Å². The van der Waals surface area contributed by atoms with Crippen molar-refractivity contribution in [1.82, 2.24) is 0 Å². The van der Waals surface area contributed by atoms with Crippen molar-refractivity contribution < 1.29 is 4.74 Å². The van der Waals surface area contributed by atoms with Crippen molar-refractivity contribution in [2.75, 3.05) is 4.90 Å². The van der Waals surface area contributed by atoms with Crippen molar-refractivity contribution in [3.05, 3.63) is 175 Å². The minimum Gasteiger partial charge on any atom is -0.457 e. The Morgan fingerprint density at radius 2 is 1.16 bits per heavy atom. The van der Waals surface area contributed by atoms with Crippen LogP contribution in [0.2, 0.25) is 0 Å². The zero-order valence-corrected chi connectivity index (χ0v) is 27.8. The minimum absolute atomic E-state index is 0.0836. The zero-order valence-electron chi connectivity index (χ0n) is 27.8. The molecule has 2 saturated carbocycles. The van der Waals surface area contributed by atoms with E-state index < -0.39 is 0 Å². The Morgan fingerprint density at radius 3 is 1.90 bits per heavy atom. The number of anilines is 3. The number of hydrogen-bond donors (Lipinski definition) is 0. The molecule has 0 radical (unpaired) electrons. The van der Waals surface area contributed by atoms with Gasteiger partial charge in [0.1, 0.15) is 11.5 Å². The number of allylic oxidation sites excluding steroid dienone is 1. The molecule has 9 rings (SSSR count). The monoisotopic (exact) mass is 635 g/mol. The van der Waals surface area contributed by atoms with Gasteiger partial charge < -0.3 is 9.64 Å². The Labute approximate surface area is 290 Å². The molecule has 0 saturated heterocycles. The second-order valence-electron chi connectivity index (χ2n) is 14.1. The Bertz CT molecular complexity index is 2100. The summed E-state index contributed by atoms with van der Waals surface area (Å²) in [5.41, 5.74) is 10.9. The Balaban J connectivity index is 1.25. The van der Waals surface area contributed by atoms with Crippen LogP contribution in [-0.4, -0.2) is 0 Å². The van der Waals surface area contributed by atoms with Crippen molar-refractivity contribution in [3.8, 4) is 33.8 Å². The molecule has 0 aromatic heterocycles. The van der Waals surface area contributed by atoms with Gasteiger partial charge in [-0.05, 0) is 103 Å². The molecule has 0 amide bonds. The molecule has 1 spiro atoms. The summed E-state index contributed by atoms with van der Waals surface area (Å²) >= 11 is 0. The zero-order chi connectivity index (χ0) is 32.8. The highest BCUT2D eigenvalue weighted by molar-refractivity contribution is 5.89. The maximum Gasteiger partial charge on any atom is 0.131 e. The van der Waals surface area contributed by atoms with E-state index in [1.54, 1.807) is 0 Å². The number of fused-ring (bicyclic) bond motifs is 2. The first kappa shape index (κ1) is 29.8. The maximum absolute atomic E-state index is 6.79. The lowest BCUT2D eigenvalue weighted by Gasteiger charge is -2.57. The van der Waals surface area contributed by atoms with E-state index in [0.717, 1.165) is 28.6 Å². The molecule has 2 fully saturated rings. The highest BCUT2D eigenvalue weighted by Gasteiger charge is 2.57. The molecule has 49 heavy (non-hydrogen) atoms. The summed E-state index contributed by atoms with van der Waals surface area (Å²) < 4.78 is 6.79. The summed E-state index contributed by atoms with van der Waals surface area (Å²) in [6.07, 6.45) is 8.35. The van der Waals surface area contributed by atoms with Gasteiger partial charge in [-0.1, -0.05) is 122 Å². The number of benzene rings is 6. The Morgan fingerprint density at radius 1 is 0.571 bits per heavy atom. The van der Waals surface area contributed by atoms with Gasteiger partial charge in [0.15, 0.2) is 0 Å². The topological polar surface area (TPSA) is 12.5 Å². The third kappa shape index (κ3) is 4.93. The molecule has 6 aromatic rings. The normalized spacial score (nSPS) is 22.0. The molecule has 2 heteroatoms. The van der Waals surface area contributed by atoms with Crippen LogP contribution in [0.4, 0.5) is 17.1 Å². The fourth-order valence-corrected chi connectivity index (χ4v) is 9.53. The molecule has 1 unspecified atom stereocenters. The smallest absolute Gasteiger partial charge is 0.131 e. The quantitative estimate of drug-likeness (QED) is 0.169. The number of para-hydroxylation sites is 2. The molecule has 6 aromatic carbocycles. The van der Waals surface area contributed by atoms with Gasteiger partial charge in [-0.3, -0.25) is 0 Å². The van der Waals surface area contributed by atoms with Gasteiger partial charge in [0.25, 0.3) is 0 Å². The molecular formula is C47H41NO. The molecule has 4 atom stereocenters. The van der Waals surface area contributed by atoms with Crippen LogP contribution < -0.4 is 9.64 Å². The van der Waals surface area contributed by atoms with Crippen LogP contribution in [0.1, 0.15) is 43.2 Å². The van der Waals surface area contributed by atoms with Crippen LogP contribution in [0.15, 0.2) is 164 Å². The summed E-state index contributed by atoms with van der Waals surface area (Å²) in [6, 6.07) is 55.1. The molecule has 1 aliphatic heterocycles. The molecule has 240 valence electrons. The lowest BCUT2D eigenvalue weighted by atomic mass is 9.47. The number of rotatable bonds is 6. The van der Waals surface area contributed by atoms with Crippen molar-refractivity contribution in [1.29, 1.82) is 0 Å². The first-order valence-corrected chi connectivity index (χ1v) is 17.9. The van der Waals surface area contributed by atoms with E-state index in [9.17, 15) is 0 Å². The Kier molecular flexibility index (Phi) is 7.46. The minimum atomic E-state index is -0.0836. The van der Waals surface area contributed by atoms with Gasteiger partial charge in [-0.2, -0.15) is 0 Å². The standard InChI is InChI=1S/C47H41NO/c1-2-33-30-37-18-13-19-38(31-33)47(37)42-21-10-12-23-45(42)49-46-29-28-40(32-43(46)47)48(39-26-24-35(25-27-39)34-14-5-3-6-15-34)44-22-11-9-20-41(44)36-16-7-4-8-17-36/h2-12,14-17,20-29,32-33,37-38H,1,13,18-19,30-31H2/t33-,37-,38+,47?. The predicted molar refractivity (Wildman–Crippen MR) is 203 cm³/mol. The van der Waals surface area contributed by atoms with Gasteiger partial charge in [-0.25, -0.2) is 0 Å². The number of ether oxygens (including phenoxy) is 1. The average Bonchev–Trinajstić information content (AvgIpc) is 3.16. The van der Waals surface area contributed by atoms with Crippen LogP contribution in [0.25, 0.3) is 22.3 Å². The summed E-state index contributed by atoms with van der Waals surface area (Å²) in [5, 5.41) is 0. The van der Waals surface area contributed by atoms with Gasteiger partial charge in [-0.15, -0.1) is 6.58 Å². The van der Waals surface area contributed by atoms with Crippen LogP contribution in [-0.2, 0) is 5.41 Å². The van der Waals surface area contributed by atoms with Crippen LogP contribution >= 0.6 is 0 Å². The van der Waals surface area contributed by atoms with Gasteiger partial charge in [0.05, 0.1) is 5.69 Å². The predicted octanol–water partition coefficient (Wildman–Crippen LogP) is 12.9. The fourth-order valence-electron chi connectivity index (χ4n) is 9.53. The van der Waals surface area contributed by atoms with Crippen LogP contribution in [0.5, 0.6) is 11.5 Å². The molecule has 2 nitrogen and oxygen atoms in total. The summed E-state index contributed by atoms with van der Waals surface area (Å²) in [7, 11) is 0. The van der Waals surface area contributed by atoms with Crippen LogP contribution in [0, 0.1) is 17.8 Å². The molecule has 2 aliphatic carbocycles. The first-order chi connectivity index (χ1) is 24.2. The lowest BCUT2D eigenvalue weighted by Crippen LogP contribution is -2.52. The van der Waals surface area contributed by atoms with Gasteiger partial charge in [0, 0.05) is 33.5 Å². The van der Waals surface area contributed by atoms with E-state index in [2.05, 4.69) is 169 Å². The van der Waals surface area contributed by atoms with Crippen molar-refractivity contribution in [2.45, 2.75) is 37.5 Å². The van der Waals surface area contributed by atoms with Gasteiger partial charge in [0.2, 0.25) is 0 Å². The molecule has 0 N–H and O–H groups in total. The van der Waals surface area contributed by atoms with Crippen molar-refractivity contribution in [2.24, 2.45) is 17.8 Å². The van der Waals surface area contributed by atoms with E-state index in [4.69, 9.17) is 4.74 Å². The Hall–Kier alpha value is -5.34.